The number of halogens is 1. The van der Waals surface area contributed by atoms with Gasteiger partial charge in [-0.1, -0.05) is 0 Å². The molecule has 10 heavy (non-hydrogen) atoms. The zero-order valence-electron chi connectivity index (χ0n) is 5.75. The van der Waals surface area contributed by atoms with Gasteiger partial charge in [0.2, 0.25) is 0 Å². The second-order valence-electron chi connectivity index (χ2n) is 2.35. The zero-order chi connectivity index (χ0) is 6.69. The van der Waals surface area contributed by atoms with Crippen LogP contribution in [-0.4, -0.2) is 29.1 Å². The van der Waals surface area contributed by atoms with Gasteiger partial charge in [0, 0.05) is 25.9 Å². The molecule has 0 radical (unpaired) electrons. The topological polar surface area (TPSA) is 40.5 Å². The third kappa shape index (κ3) is 3.15. The summed E-state index contributed by atoms with van der Waals surface area (Å²) < 4.78 is 0. The predicted octanol–water partition coefficient (Wildman–Crippen LogP) is 0.852. The normalized spacial score (nSPS) is 21.5. The van der Waals surface area contributed by atoms with Crippen LogP contribution < -0.4 is 0 Å². The van der Waals surface area contributed by atoms with Crippen LogP contribution in [0.1, 0.15) is 19.3 Å². The number of ketones is 1. The molecule has 60 valence electrons. The number of hydrogen-bond donors (Lipinski definition) is 1. The molecule has 0 aliphatic carbocycles. The Hall–Kier alpha value is -0.120. The summed E-state index contributed by atoms with van der Waals surface area (Å²) >= 11 is 0. The number of hydroxylamine groups is 2. The van der Waals surface area contributed by atoms with Crippen molar-refractivity contribution in [2.75, 3.05) is 13.1 Å². The minimum absolute atomic E-state index is 0. The molecule has 0 atom stereocenters. The van der Waals surface area contributed by atoms with Crippen molar-refractivity contribution in [3.63, 3.8) is 0 Å². The lowest BCUT2D eigenvalue weighted by molar-refractivity contribution is -0.120. The fourth-order valence-electron chi connectivity index (χ4n) is 0.949. The molecule has 1 saturated heterocycles. The van der Waals surface area contributed by atoms with Crippen molar-refractivity contribution in [3.05, 3.63) is 0 Å². The molecule has 0 saturated carbocycles. The van der Waals surface area contributed by atoms with Gasteiger partial charge in [0.25, 0.3) is 0 Å². The Morgan fingerprint density at radius 1 is 1.30 bits per heavy atom. The molecule has 1 heterocycles. The smallest absolute Gasteiger partial charge is 0.134 e. The lowest BCUT2D eigenvalue weighted by atomic mass is 10.2. The largest absolute Gasteiger partial charge is 0.314 e. The minimum Gasteiger partial charge on any atom is -0.314 e. The van der Waals surface area contributed by atoms with E-state index in [1.54, 1.807) is 0 Å². The second kappa shape index (κ2) is 4.66. The van der Waals surface area contributed by atoms with Crippen LogP contribution in [0.4, 0.5) is 0 Å². The summed E-state index contributed by atoms with van der Waals surface area (Å²) in [7, 11) is 0. The Morgan fingerprint density at radius 2 is 2.00 bits per heavy atom. The highest BCUT2D eigenvalue weighted by Gasteiger charge is 2.10. The van der Waals surface area contributed by atoms with Gasteiger partial charge >= 0.3 is 0 Å². The second-order valence-corrected chi connectivity index (χ2v) is 2.35. The van der Waals surface area contributed by atoms with Gasteiger partial charge in [0.05, 0.1) is 0 Å². The highest BCUT2D eigenvalue weighted by atomic mass is 35.5. The Bertz CT molecular complexity index is 118. The Balaban J connectivity index is 0.000000810. The number of nitrogens with zero attached hydrogens (tertiary/aromatic N) is 1. The molecular formula is C6H12ClNO2. The van der Waals surface area contributed by atoms with Crippen LogP contribution in [0, 0.1) is 0 Å². The van der Waals surface area contributed by atoms with Gasteiger partial charge in [-0.2, -0.15) is 5.06 Å². The van der Waals surface area contributed by atoms with E-state index >= 15 is 0 Å². The van der Waals surface area contributed by atoms with Gasteiger partial charge in [-0.15, -0.1) is 12.4 Å². The Morgan fingerprint density at radius 3 is 2.70 bits per heavy atom. The summed E-state index contributed by atoms with van der Waals surface area (Å²) in [4.78, 5) is 10.7. The average molecular weight is 166 g/mol. The zero-order valence-corrected chi connectivity index (χ0v) is 6.56. The third-order valence-corrected chi connectivity index (χ3v) is 1.52. The number of Topliss-reactive ketones (excluding diaryl/α,β-unsaturated/α-hetero) is 1. The van der Waals surface area contributed by atoms with E-state index in [1.807, 2.05) is 0 Å². The van der Waals surface area contributed by atoms with Crippen molar-refractivity contribution in [1.29, 1.82) is 0 Å². The first-order valence-electron chi connectivity index (χ1n) is 3.24. The fourth-order valence-corrected chi connectivity index (χ4v) is 0.949. The van der Waals surface area contributed by atoms with E-state index < -0.39 is 0 Å². The molecule has 1 fully saturated rings. The van der Waals surface area contributed by atoms with Crippen molar-refractivity contribution in [3.8, 4) is 0 Å². The number of carbonyl (C=O) groups is 1. The number of carbonyl (C=O) groups excluding carboxylic acids is 1. The summed E-state index contributed by atoms with van der Waals surface area (Å²) in [5, 5.41) is 10.1. The van der Waals surface area contributed by atoms with E-state index in [4.69, 9.17) is 5.21 Å². The van der Waals surface area contributed by atoms with Gasteiger partial charge in [-0.3, -0.25) is 4.79 Å². The van der Waals surface area contributed by atoms with Gasteiger partial charge in [-0.25, -0.2) is 0 Å². The first-order chi connectivity index (χ1) is 4.29. The first kappa shape index (κ1) is 9.88. The van der Waals surface area contributed by atoms with Crippen LogP contribution in [0.15, 0.2) is 0 Å². The molecule has 1 rings (SSSR count). The van der Waals surface area contributed by atoms with Crippen molar-refractivity contribution in [1.82, 2.24) is 5.06 Å². The highest BCUT2D eigenvalue weighted by molar-refractivity contribution is 5.85. The number of rotatable bonds is 0. The van der Waals surface area contributed by atoms with E-state index in [1.165, 1.54) is 5.06 Å². The predicted molar refractivity (Wildman–Crippen MR) is 39.5 cm³/mol. The summed E-state index contributed by atoms with van der Waals surface area (Å²) in [6.07, 6.45) is 1.95. The van der Waals surface area contributed by atoms with E-state index in [2.05, 4.69) is 0 Å². The standard InChI is InChI=1S/C6H11NO2.ClH/c8-6-2-1-4-7(9)5-3-6;/h9H,1-5H2;1H. The van der Waals surface area contributed by atoms with Gasteiger partial charge < -0.3 is 5.21 Å². The van der Waals surface area contributed by atoms with Crippen LogP contribution in [0.2, 0.25) is 0 Å². The van der Waals surface area contributed by atoms with E-state index in [-0.39, 0.29) is 18.2 Å². The average Bonchev–Trinajstić information content (AvgIpc) is 1.97. The molecule has 0 aromatic rings. The molecule has 0 bridgehead atoms. The molecule has 0 amide bonds. The maximum atomic E-state index is 10.7. The third-order valence-electron chi connectivity index (χ3n) is 1.52. The van der Waals surface area contributed by atoms with E-state index in [9.17, 15) is 4.79 Å². The van der Waals surface area contributed by atoms with Crippen LogP contribution in [0.25, 0.3) is 0 Å². The van der Waals surface area contributed by atoms with Crippen molar-refractivity contribution in [2.45, 2.75) is 19.3 Å². The SMILES string of the molecule is Cl.O=C1CCCN(O)CC1. The van der Waals surface area contributed by atoms with Gasteiger partial charge in [-0.05, 0) is 6.42 Å². The maximum absolute atomic E-state index is 10.7. The summed E-state index contributed by atoms with van der Waals surface area (Å²) in [5.41, 5.74) is 0. The quantitative estimate of drug-likeness (QED) is 0.579. The summed E-state index contributed by atoms with van der Waals surface area (Å²) in [5.74, 6) is 0.270. The van der Waals surface area contributed by atoms with Crippen LogP contribution in [0.3, 0.4) is 0 Å². The first-order valence-corrected chi connectivity index (χ1v) is 3.24. The monoisotopic (exact) mass is 165 g/mol. The summed E-state index contributed by atoms with van der Waals surface area (Å²) in [6, 6.07) is 0. The Labute approximate surface area is 66.4 Å². The van der Waals surface area contributed by atoms with Gasteiger partial charge in [0.15, 0.2) is 0 Å². The van der Waals surface area contributed by atoms with E-state index in [0.717, 1.165) is 6.42 Å². The lowest BCUT2D eigenvalue weighted by Crippen LogP contribution is -2.19. The fraction of sp³-hybridized carbons (Fsp3) is 0.833. The highest BCUT2D eigenvalue weighted by Crippen LogP contribution is 2.03. The van der Waals surface area contributed by atoms with Crippen LogP contribution in [-0.2, 0) is 4.79 Å². The molecule has 1 aliphatic rings. The Kier molecular flexibility index (Phi) is 4.60. The molecule has 1 aliphatic heterocycles. The molecule has 0 aromatic carbocycles. The maximum Gasteiger partial charge on any atom is 0.134 e. The van der Waals surface area contributed by atoms with E-state index in [0.29, 0.717) is 25.9 Å². The molecule has 0 unspecified atom stereocenters. The minimum atomic E-state index is 0. The van der Waals surface area contributed by atoms with Crippen molar-refractivity contribution >= 4 is 18.2 Å². The molecule has 0 aromatic heterocycles. The van der Waals surface area contributed by atoms with Gasteiger partial charge in [0.1, 0.15) is 5.78 Å². The molecule has 3 nitrogen and oxygen atoms in total. The summed E-state index contributed by atoms with van der Waals surface area (Å²) in [6.45, 7) is 1.16. The van der Waals surface area contributed by atoms with Crippen molar-refractivity contribution in [2.24, 2.45) is 0 Å². The van der Waals surface area contributed by atoms with Crippen molar-refractivity contribution < 1.29 is 10.0 Å². The van der Waals surface area contributed by atoms with Crippen LogP contribution in [0.5, 0.6) is 0 Å². The molecular weight excluding hydrogens is 154 g/mol. The molecule has 4 heteroatoms. The molecule has 0 spiro atoms. The van der Waals surface area contributed by atoms with Crippen LogP contribution >= 0.6 is 12.4 Å². The lowest BCUT2D eigenvalue weighted by Gasteiger charge is -2.07. The molecule has 1 N–H and O–H groups in total. The number of hydrogen-bond acceptors (Lipinski definition) is 3.